The molecule has 4 aromatic rings. The highest BCUT2D eigenvalue weighted by Gasteiger charge is 2.22. The molecule has 0 saturated carbocycles. The van der Waals surface area contributed by atoms with Crippen molar-refractivity contribution in [3.63, 3.8) is 0 Å². The van der Waals surface area contributed by atoms with Gasteiger partial charge in [-0.15, -0.1) is 12.4 Å². The average Bonchev–Trinajstić information content (AvgIpc) is 2.75. The van der Waals surface area contributed by atoms with E-state index in [4.69, 9.17) is 0 Å². The van der Waals surface area contributed by atoms with Gasteiger partial charge in [-0.05, 0) is 40.1 Å². The molecule has 0 aliphatic carbocycles. The zero-order valence-corrected chi connectivity index (χ0v) is 18.8. The topological polar surface area (TPSA) is 3.24 Å². The second-order valence-electron chi connectivity index (χ2n) is 8.50. The van der Waals surface area contributed by atoms with Gasteiger partial charge in [-0.25, -0.2) is 0 Å². The molecule has 4 aromatic carbocycles. The van der Waals surface area contributed by atoms with Crippen molar-refractivity contribution in [3.05, 3.63) is 119 Å². The molecule has 0 aromatic heterocycles. The van der Waals surface area contributed by atoms with Crippen LogP contribution in [0.1, 0.15) is 36.1 Å². The van der Waals surface area contributed by atoms with Crippen molar-refractivity contribution in [1.29, 1.82) is 0 Å². The van der Waals surface area contributed by atoms with Crippen molar-refractivity contribution < 1.29 is 0 Å². The highest BCUT2D eigenvalue weighted by molar-refractivity contribution is 5.86. The third kappa shape index (κ3) is 4.75. The predicted octanol–water partition coefficient (Wildman–Crippen LogP) is 7.22. The van der Waals surface area contributed by atoms with Gasteiger partial charge >= 0.3 is 0 Å². The Balaban J connectivity index is 0.00000256. The van der Waals surface area contributed by atoms with Crippen LogP contribution >= 0.6 is 12.4 Å². The lowest BCUT2D eigenvalue weighted by Gasteiger charge is -2.26. The summed E-state index contributed by atoms with van der Waals surface area (Å²) in [4.78, 5) is 2.39. The molecule has 30 heavy (non-hydrogen) atoms. The lowest BCUT2D eigenvalue weighted by molar-refractivity contribution is 0.320. The van der Waals surface area contributed by atoms with Crippen LogP contribution in [0.5, 0.6) is 0 Å². The van der Waals surface area contributed by atoms with E-state index in [-0.39, 0.29) is 17.8 Å². The van der Waals surface area contributed by atoms with Crippen LogP contribution < -0.4 is 0 Å². The van der Waals surface area contributed by atoms with E-state index >= 15 is 0 Å². The van der Waals surface area contributed by atoms with E-state index in [2.05, 4.69) is 123 Å². The van der Waals surface area contributed by atoms with Gasteiger partial charge in [0.25, 0.3) is 0 Å². The summed E-state index contributed by atoms with van der Waals surface area (Å²) in [5.74, 6) is 0. The van der Waals surface area contributed by atoms with Crippen LogP contribution in [0.4, 0.5) is 0 Å². The van der Waals surface area contributed by atoms with Crippen molar-refractivity contribution in [1.82, 2.24) is 4.90 Å². The van der Waals surface area contributed by atoms with Crippen molar-refractivity contribution in [2.45, 2.75) is 32.4 Å². The molecule has 0 aliphatic heterocycles. The summed E-state index contributed by atoms with van der Waals surface area (Å²) in [5.41, 5.74) is 5.44. The highest BCUT2D eigenvalue weighted by atomic mass is 35.5. The minimum absolute atomic E-state index is 0. The predicted molar refractivity (Wildman–Crippen MR) is 131 cm³/mol. The molecule has 0 atom stereocenters. The SMILES string of the molecule is CN(Cc1ccc(C(C)(C)c2ccccc2)cc1)Cc1cccc2ccccc12.Cl. The number of hydrogen-bond donors (Lipinski definition) is 0. The molecular weight excluding hydrogens is 386 g/mol. The van der Waals surface area contributed by atoms with Crippen LogP contribution in [0, 0.1) is 0 Å². The summed E-state index contributed by atoms with van der Waals surface area (Å²) in [5, 5.41) is 2.66. The standard InChI is InChI=1S/C28H29N.ClH/c1-28(2,25-13-5-4-6-14-25)26-18-16-22(17-19-26)20-29(3)21-24-12-9-11-23-10-7-8-15-27(23)24;/h4-19H,20-21H2,1-3H3;1H. The summed E-state index contributed by atoms with van der Waals surface area (Å²) in [6, 6.07) is 35.1. The Labute approximate surface area is 186 Å². The van der Waals surface area contributed by atoms with Gasteiger partial charge < -0.3 is 0 Å². The van der Waals surface area contributed by atoms with E-state index in [0.29, 0.717) is 0 Å². The molecule has 0 heterocycles. The summed E-state index contributed by atoms with van der Waals surface area (Å²) >= 11 is 0. The Morgan fingerprint density at radius 2 is 1.23 bits per heavy atom. The van der Waals surface area contributed by atoms with E-state index in [0.717, 1.165) is 13.1 Å². The quantitative estimate of drug-likeness (QED) is 0.321. The summed E-state index contributed by atoms with van der Waals surface area (Å²) < 4.78 is 0. The Morgan fingerprint density at radius 3 is 1.97 bits per heavy atom. The molecule has 0 aliphatic rings. The highest BCUT2D eigenvalue weighted by Crippen LogP contribution is 2.31. The Hall–Kier alpha value is -2.61. The maximum atomic E-state index is 2.39. The van der Waals surface area contributed by atoms with Crippen LogP contribution in [0.3, 0.4) is 0 Å². The second kappa shape index (κ2) is 9.47. The smallest absolute Gasteiger partial charge is 0.0240 e. The summed E-state index contributed by atoms with van der Waals surface area (Å²) in [6.07, 6.45) is 0. The van der Waals surface area contributed by atoms with Gasteiger partial charge in [0.2, 0.25) is 0 Å². The van der Waals surface area contributed by atoms with Crippen molar-refractivity contribution in [2.24, 2.45) is 0 Å². The fourth-order valence-corrected chi connectivity index (χ4v) is 4.14. The average molecular weight is 416 g/mol. The van der Waals surface area contributed by atoms with E-state index in [9.17, 15) is 0 Å². The maximum Gasteiger partial charge on any atom is 0.0240 e. The number of nitrogens with zero attached hydrogens (tertiary/aromatic N) is 1. The molecular formula is C28H30ClN. The van der Waals surface area contributed by atoms with Gasteiger partial charge in [-0.3, -0.25) is 4.90 Å². The van der Waals surface area contributed by atoms with Crippen molar-refractivity contribution in [2.75, 3.05) is 7.05 Å². The first-order chi connectivity index (χ1) is 14.0. The molecule has 4 rings (SSSR count). The maximum absolute atomic E-state index is 2.39. The Bertz CT molecular complexity index is 1080. The first-order valence-corrected chi connectivity index (χ1v) is 10.3. The second-order valence-corrected chi connectivity index (χ2v) is 8.50. The molecule has 0 spiro atoms. The molecule has 0 unspecified atom stereocenters. The normalized spacial score (nSPS) is 11.5. The molecule has 0 saturated heterocycles. The van der Waals surface area contributed by atoms with E-state index < -0.39 is 0 Å². The Kier molecular flexibility index (Phi) is 6.97. The van der Waals surface area contributed by atoms with Gasteiger partial charge in [0.05, 0.1) is 0 Å². The molecule has 0 bridgehead atoms. The Morgan fingerprint density at radius 1 is 0.633 bits per heavy atom. The first kappa shape index (κ1) is 22.1. The van der Waals surface area contributed by atoms with Gasteiger partial charge in [0.15, 0.2) is 0 Å². The first-order valence-electron chi connectivity index (χ1n) is 10.3. The monoisotopic (exact) mass is 415 g/mol. The lowest BCUT2D eigenvalue weighted by Crippen LogP contribution is -2.20. The fraction of sp³-hybridized carbons (Fsp3) is 0.214. The lowest BCUT2D eigenvalue weighted by atomic mass is 9.78. The van der Waals surface area contributed by atoms with Crippen LogP contribution in [0.25, 0.3) is 10.8 Å². The third-order valence-corrected chi connectivity index (χ3v) is 5.94. The largest absolute Gasteiger partial charge is 0.298 e. The molecule has 1 nitrogen and oxygen atoms in total. The minimum Gasteiger partial charge on any atom is -0.298 e. The number of hydrogen-bond acceptors (Lipinski definition) is 1. The molecule has 0 fully saturated rings. The van der Waals surface area contributed by atoms with Crippen LogP contribution in [-0.4, -0.2) is 11.9 Å². The van der Waals surface area contributed by atoms with E-state index in [1.807, 2.05) is 0 Å². The number of fused-ring (bicyclic) bond motifs is 1. The zero-order valence-electron chi connectivity index (χ0n) is 18.0. The zero-order chi connectivity index (χ0) is 20.3. The van der Waals surface area contributed by atoms with Gasteiger partial charge in [0, 0.05) is 18.5 Å². The van der Waals surface area contributed by atoms with E-state index in [1.165, 1.54) is 33.0 Å². The molecule has 2 heteroatoms. The summed E-state index contributed by atoms with van der Waals surface area (Å²) in [7, 11) is 2.20. The van der Waals surface area contributed by atoms with Gasteiger partial charge in [-0.2, -0.15) is 0 Å². The third-order valence-electron chi connectivity index (χ3n) is 5.94. The van der Waals surface area contributed by atoms with Crippen molar-refractivity contribution >= 4 is 23.2 Å². The molecule has 0 N–H and O–H groups in total. The van der Waals surface area contributed by atoms with Crippen LogP contribution in [0.2, 0.25) is 0 Å². The number of benzene rings is 4. The van der Waals surface area contributed by atoms with Gasteiger partial charge in [0.1, 0.15) is 0 Å². The number of rotatable bonds is 6. The summed E-state index contributed by atoms with van der Waals surface area (Å²) in [6.45, 7) is 6.47. The number of halogens is 1. The molecule has 154 valence electrons. The van der Waals surface area contributed by atoms with Crippen molar-refractivity contribution in [3.8, 4) is 0 Å². The van der Waals surface area contributed by atoms with Crippen LogP contribution in [-0.2, 0) is 18.5 Å². The molecule has 0 amide bonds. The fourth-order valence-electron chi connectivity index (χ4n) is 4.14. The van der Waals surface area contributed by atoms with Gasteiger partial charge in [-0.1, -0.05) is 111 Å². The van der Waals surface area contributed by atoms with E-state index in [1.54, 1.807) is 0 Å². The molecule has 0 radical (unpaired) electrons. The van der Waals surface area contributed by atoms with Crippen LogP contribution in [0.15, 0.2) is 97.1 Å². The minimum atomic E-state index is 0.